The molecular formula is C15H8Cl2F4N2. The molecule has 0 unspecified atom stereocenters. The number of imidazole rings is 1. The van der Waals surface area contributed by atoms with Gasteiger partial charge in [0.2, 0.25) is 0 Å². The van der Waals surface area contributed by atoms with E-state index in [0.29, 0.717) is 5.56 Å². The topological polar surface area (TPSA) is 17.3 Å². The highest BCUT2D eigenvalue weighted by atomic mass is 35.5. The smallest absolute Gasteiger partial charge is 0.295 e. The van der Waals surface area contributed by atoms with Gasteiger partial charge in [-0.3, -0.25) is 4.40 Å². The predicted octanol–water partition coefficient (Wildman–Crippen LogP) is 5.77. The highest BCUT2D eigenvalue weighted by Gasteiger charge is 2.35. The van der Waals surface area contributed by atoms with E-state index in [1.54, 1.807) is 6.92 Å². The Balaban J connectivity index is 2.39. The van der Waals surface area contributed by atoms with Crippen LogP contribution < -0.4 is 0 Å². The Morgan fingerprint density at radius 3 is 2.43 bits per heavy atom. The number of nitrogens with zero attached hydrogens (tertiary/aromatic N) is 2. The maximum Gasteiger partial charge on any atom is 0.431 e. The van der Waals surface area contributed by atoms with E-state index in [1.807, 2.05) is 0 Å². The fourth-order valence-electron chi connectivity index (χ4n) is 2.37. The zero-order chi connectivity index (χ0) is 16.9. The van der Waals surface area contributed by atoms with E-state index in [9.17, 15) is 17.6 Å². The second-order valence-electron chi connectivity index (χ2n) is 4.95. The molecule has 0 saturated carbocycles. The van der Waals surface area contributed by atoms with E-state index in [4.69, 9.17) is 23.2 Å². The Labute approximate surface area is 138 Å². The van der Waals surface area contributed by atoms with Crippen LogP contribution in [0.4, 0.5) is 17.6 Å². The number of pyridine rings is 1. The van der Waals surface area contributed by atoms with Gasteiger partial charge in [-0.2, -0.15) is 13.2 Å². The standard InChI is InChI=1S/C15H8Cl2F4N2/c1-7-4-8(11(18)5-9(7)16)13-10(17)6-12(15(19,20)21)23-3-2-22-14(13)23/h2-6H,1H3. The summed E-state index contributed by atoms with van der Waals surface area (Å²) in [4.78, 5) is 3.90. The average Bonchev–Trinajstić information content (AvgIpc) is 2.90. The van der Waals surface area contributed by atoms with Crippen LogP contribution in [0.3, 0.4) is 0 Å². The number of fused-ring (bicyclic) bond motifs is 1. The summed E-state index contributed by atoms with van der Waals surface area (Å²) in [5.41, 5.74) is -0.359. The van der Waals surface area contributed by atoms with Crippen LogP contribution in [0.2, 0.25) is 10.0 Å². The van der Waals surface area contributed by atoms with E-state index < -0.39 is 17.7 Å². The number of rotatable bonds is 1. The number of alkyl halides is 3. The van der Waals surface area contributed by atoms with Crippen molar-refractivity contribution in [2.24, 2.45) is 0 Å². The molecule has 0 bridgehead atoms. The van der Waals surface area contributed by atoms with Crippen LogP contribution >= 0.6 is 23.2 Å². The van der Waals surface area contributed by atoms with Crippen LogP contribution in [-0.4, -0.2) is 9.38 Å². The van der Waals surface area contributed by atoms with E-state index >= 15 is 0 Å². The second kappa shape index (κ2) is 5.39. The van der Waals surface area contributed by atoms with Gasteiger partial charge in [0.15, 0.2) is 0 Å². The van der Waals surface area contributed by atoms with E-state index in [0.717, 1.165) is 22.7 Å². The van der Waals surface area contributed by atoms with Gasteiger partial charge in [0.05, 0.1) is 5.02 Å². The molecule has 0 aliphatic rings. The van der Waals surface area contributed by atoms with Crippen LogP contribution in [-0.2, 0) is 6.18 Å². The third-order valence-electron chi connectivity index (χ3n) is 3.43. The Morgan fingerprint density at radius 2 is 1.78 bits per heavy atom. The normalized spacial score (nSPS) is 12.1. The SMILES string of the molecule is Cc1cc(-c2c(Cl)cc(C(F)(F)F)n3ccnc23)c(F)cc1Cl. The molecule has 0 aliphatic heterocycles. The average molecular weight is 363 g/mol. The van der Waals surface area contributed by atoms with E-state index in [1.165, 1.54) is 12.3 Å². The number of halogens is 6. The molecule has 2 heterocycles. The quantitative estimate of drug-likeness (QED) is 0.502. The zero-order valence-electron chi connectivity index (χ0n) is 11.5. The lowest BCUT2D eigenvalue weighted by molar-refractivity contribution is -0.142. The lowest BCUT2D eigenvalue weighted by atomic mass is 10.0. The third kappa shape index (κ3) is 2.66. The molecule has 0 radical (unpaired) electrons. The molecule has 120 valence electrons. The summed E-state index contributed by atoms with van der Waals surface area (Å²) < 4.78 is 54.4. The van der Waals surface area contributed by atoms with Crippen LogP contribution in [0.5, 0.6) is 0 Å². The van der Waals surface area contributed by atoms with E-state index in [2.05, 4.69) is 4.98 Å². The molecule has 3 rings (SSSR count). The van der Waals surface area contributed by atoms with Gasteiger partial charge >= 0.3 is 6.18 Å². The highest BCUT2D eigenvalue weighted by Crippen LogP contribution is 2.39. The molecule has 0 saturated heterocycles. The molecular weight excluding hydrogens is 355 g/mol. The molecule has 2 aromatic heterocycles. The van der Waals surface area contributed by atoms with Gasteiger partial charge in [-0.25, -0.2) is 9.37 Å². The number of aromatic nitrogens is 2. The van der Waals surface area contributed by atoms with Crippen molar-refractivity contribution < 1.29 is 17.6 Å². The molecule has 8 heteroatoms. The van der Waals surface area contributed by atoms with Gasteiger partial charge in [0.1, 0.15) is 17.2 Å². The first-order chi connectivity index (χ1) is 10.7. The fraction of sp³-hybridized carbons (Fsp3) is 0.133. The highest BCUT2D eigenvalue weighted by molar-refractivity contribution is 6.34. The molecule has 0 amide bonds. The molecule has 3 aromatic rings. The maximum absolute atomic E-state index is 14.3. The minimum Gasteiger partial charge on any atom is -0.295 e. The van der Waals surface area contributed by atoms with Crippen LogP contribution in [0.15, 0.2) is 30.6 Å². The molecule has 0 N–H and O–H groups in total. The van der Waals surface area contributed by atoms with Crippen LogP contribution in [0.25, 0.3) is 16.8 Å². The van der Waals surface area contributed by atoms with Crippen molar-refractivity contribution in [3.63, 3.8) is 0 Å². The lowest BCUT2D eigenvalue weighted by Gasteiger charge is -2.15. The Kier molecular flexibility index (Phi) is 3.77. The van der Waals surface area contributed by atoms with Crippen molar-refractivity contribution in [1.29, 1.82) is 0 Å². The number of hydrogen-bond donors (Lipinski definition) is 0. The summed E-state index contributed by atoms with van der Waals surface area (Å²) in [6, 6.07) is 3.29. The molecule has 0 fully saturated rings. The molecule has 0 atom stereocenters. The lowest BCUT2D eigenvalue weighted by Crippen LogP contribution is -2.12. The second-order valence-corrected chi connectivity index (χ2v) is 5.77. The van der Waals surface area contributed by atoms with Gasteiger partial charge in [0.25, 0.3) is 0 Å². The molecule has 0 aliphatic carbocycles. The van der Waals surface area contributed by atoms with Crippen molar-refractivity contribution in [2.45, 2.75) is 13.1 Å². The summed E-state index contributed by atoms with van der Waals surface area (Å²) in [6.45, 7) is 1.66. The van der Waals surface area contributed by atoms with Gasteiger partial charge in [-0.15, -0.1) is 0 Å². The van der Waals surface area contributed by atoms with Crippen molar-refractivity contribution in [2.75, 3.05) is 0 Å². The van der Waals surface area contributed by atoms with Gasteiger partial charge in [-0.05, 0) is 30.7 Å². The van der Waals surface area contributed by atoms with Gasteiger partial charge in [-0.1, -0.05) is 23.2 Å². The van der Waals surface area contributed by atoms with Crippen LogP contribution in [0, 0.1) is 12.7 Å². The number of benzene rings is 1. The van der Waals surface area contributed by atoms with Crippen LogP contribution in [0.1, 0.15) is 11.3 Å². The summed E-state index contributed by atoms with van der Waals surface area (Å²) in [5.74, 6) is -0.688. The Morgan fingerprint density at radius 1 is 1.09 bits per heavy atom. The molecule has 23 heavy (non-hydrogen) atoms. The predicted molar refractivity (Wildman–Crippen MR) is 80.3 cm³/mol. The monoisotopic (exact) mass is 362 g/mol. The summed E-state index contributed by atoms with van der Waals surface area (Å²) >= 11 is 11.9. The van der Waals surface area contributed by atoms with Crippen molar-refractivity contribution in [3.05, 3.63) is 57.7 Å². The van der Waals surface area contributed by atoms with Gasteiger partial charge < -0.3 is 0 Å². The molecule has 2 nitrogen and oxygen atoms in total. The van der Waals surface area contributed by atoms with Crippen molar-refractivity contribution in [1.82, 2.24) is 9.38 Å². The van der Waals surface area contributed by atoms with Gasteiger partial charge in [0, 0.05) is 28.5 Å². The maximum atomic E-state index is 14.3. The van der Waals surface area contributed by atoms with Crippen molar-refractivity contribution >= 4 is 28.8 Å². The minimum atomic E-state index is -4.62. The molecule has 0 spiro atoms. The van der Waals surface area contributed by atoms with Crippen molar-refractivity contribution in [3.8, 4) is 11.1 Å². The third-order valence-corrected chi connectivity index (χ3v) is 4.14. The minimum absolute atomic E-state index is 0.0434. The van der Waals surface area contributed by atoms with E-state index in [-0.39, 0.29) is 26.8 Å². The first-order valence-electron chi connectivity index (χ1n) is 6.39. The number of hydrogen-bond acceptors (Lipinski definition) is 1. The summed E-state index contributed by atoms with van der Waals surface area (Å²) in [6.07, 6.45) is -2.26. The Bertz CT molecular complexity index is 916. The fourth-order valence-corrected chi connectivity index (χ4v) is 2.81. The number of aryl methyl sites for hydroxylation is 1. The molecule has 1 aromatic carbocycles. The first kappa shape index (κ1) is 16.1. The zero-order valence-corrected chi connectivity index (χ0v) is 13.1. The Hall–Kier alpha value is -1.79. The largest absolute Gasteiger partial charge is 0.431 e. The summed E-state index contributed by atoms with van der Waals surface area (Å²) in [5, 5.41) is -0.0229. The first-order valence-corrected chi connectivity index (χ1v) is 7.14. The summed E-state index contributed by atoms with van der Waals surface area (Å²) in [7, 11) is 0.